The number of aliphatic hydroxyl groups is 1. The number of aliphatic carboxylic acids is 1. The number of ether oxygens (including phenoxy) is 1. The third kappa shape index (κ3) is 7.21. The number of aliphatic hydroxyl groups excluding tert-OH is 1. The molecule has 0 saturated carbocycles. The van der Waals surface area contributed by atoms with Gasteiger partial charge in [-0.1, -0.05) is 6.07 Å². The van der Waals surface area contributed by atoms with Crippen molar-refractivity contribution in [1.29, 1.82) is 0 Å². The maximum Gasteiger partial charge on any atom is 0.303 e. The van der Waals surface area contributed by atoms with E-state index in [9.17, 15) is 23.8 Å². The Morgan fingerprint density at radius 1 is 1.21 bits per heavy atom. The lowest BCUT2D eigenvalue weighted by atomic mass is 9.79. The predicted molar refractivity (Wildman–Crippen MR) is 144 cm³/mol. The molecule has 1 fully saturated rings. The molecule has 204 valence electrons. The molecule has 38 heavy (non-hydrogen) atoms. The average molecular weight is 545 g/mol. The molecule has 4 rings (SSSR count). The van der Waals surface area contributed by atoms with Crippen LogP contribution in [0.1, 0.15) is 43.8 Å². The first-order valence-corrected chi connectivity index (χ1v) is 14.0. The number of hydrogen-bond acceptors (Lipinski definition) is 6. The van der Waals surface area contributed by atoms with Crippen molar-refractivity contribution in [2.45, 2.75) is 43.1 Å². The summed E-state index contributed by atoms with van der Waals surface area (Å²) in [5.74, 6) is -0.643. The quantitative estimate of drug-likeness (QED) is 0.274. The molecule has 3 aromatic rings. The normalized spacial score (nSPS) is 18.9. The van der Waals surface area contributed by atoms with Crippen molar-refractivity contribution in [3.63, 3.8) is 0 Å². The zero-order valence-electron chi connectivity index (χ0n) is 21.5. The van der Waals surface area contributed by atoms with Crippen LogP contribution < -0.4 is 4.74 Å². The van der Waals surface area contributed by atoms with Gasteiger partial charge in [-0.2, -0.15) is 0 Å². The van der Waals surface area contributed by atoms with Crippen LogP contribution in [0.2, 0.25) is 0 Å². The first-order valence-electron chi connectivity index (χ1n) is 13.0. The van der Waals surface area contributed by atoms with Crippen LogP contribution in [0.3, 0.4) is 0 Å². The van der Waals surface area contributed by atoms with Gasteiger partial charge in [0.1, 0.15) is 5.75 Å². The second-order valence-electron chi connectivity index (χ2n) is 9.82. The smallest absolute Gasteiger partial charge is 0.303 e. The lowest BCUT2D eigenvalue weighted by molar-refractivity contribution is -0.137. The fourth-order valence-electron chi connectivity index (χ4n) is 5.35. The molecule has 1 aliphatic rings. The van der Waals surface area contributed by atoms with Crippen molar-refractivity contribution in [2.75, 3.05) is 32.5 Å². The van der Waals surface area contributed by atoms with Crippen LogP contribution in [0.5, 0.6) is 5.75 Å². The van der Waals surface area contributed by atoms with Gasteiger partial charge in [0.2, 0.25) is 0 Å². The molecule has 2 unspecified atom stereocenters. The minimum atomic E-state index is -0.842. The molecular formula is C29H34F2N2O4S. The summed E-state index contributed by atoms with van der Waals surface area (Å²) in [7, 11) is 1.61. The van der Waals surface area contributed by atoms with Crippen LogP contribution in [-0.4, -0.2) is 58.6 Å². The highest BCUT2D eigenvalue weighted by Gasteiger charge is 2.30. The summed E-state index contributed by atoms with van der Waals surface area (Å²) in [6.45, 7) is 2.33. The van der Waals surface area contributed by atoms with Gasteiger partial charge < -0.3 is 19.8 Å². The van der Waals surface area contributed by atoms with Crippen LogP contribution in [0, 0.1) is 23.5 Å². The van der Waals surface area contributed by atoms with Crippen LogP contribution >= 0.6 is 11.8 Å². The van der Waals surface area contributed by atoms with Crippen LogP contribution in [0.25, 0.3) is 10.9 Å². The Bertz CT molecular complexity index is 1240. The summed E-state index contributed by atoms with van der Waals surface area (Å²) >= 11 is 1.29. The molecule has 0 spiro atoms. The molecule has 3 atom stereocenters. The number of piperidine rings is 1. The fraction of sp³-hybridized carbons (Fsp3) is 0.448. The van der Waals surface area contributed by atoms with Gasteiger partial charge in [0.15, 0.2) is 11.6 Å². The van der Waals surface area contributed by atoms with Gasteiger partial charge in [0, 0.05) is 41.7 Å². The molecule has 9 heteroatoms. The highest BCUT2D eigenvalue weighted by atomic mass is 32.2. The minimum absolute atomic E-state index is 0.107. The SMILES string of the molecule is COc1ccc2nccc([C@@H](O)CCC3CCN(CCSc4cccc(F)c4F)CC3CCC(=O)O)c2c1. The number of carboxylic acid groups (broad SMARTS) is 1. The third-order valence-corrected chi connectivity index (χ3v) is 8.45. The Morgan fingerprint density at radius 2 is 2.05 bits per heavy atom. The number of aromatic nitrogens is 1. The Balaban J connectivity index is 1.36. The summed E-state index contributed by atoms with van der Waals surface area (Å²) in [5, 5.41) is 21.2. The highest BCUT2D eigenvalue weighted by molar-refractivity contribution is 7.99. The number of halogens is 2. The van der Waals surface area contributed by atoms with Gasteiger partial charge in [-0.25, -0.2) is 8.78 Å². The molecule has 0 radical (unpaired) electrons. The Morgan fingerprint density at radius 3 is 2.84 bits per heavy atom. The molecule has 6 nitrogen and oxygen atoms in total. The maximum absolute atomic E-state index is 14.0. The molecule has 2 aromatic carbocycles. The van der Waals surface area contributed by atoms with Crippen LogP contribution in [0.15, 0.2) is 53.6 Å². The number of likely N-dealkylation sites (tertiary alicyclic amines) is 1. The zero-order chi connectivity index (χ0) is 27.1. The Hall–Kier alpha value is -2.75. The summed E-state index contributed by atoms with van der Waals surface area (Å²) in [5.41, 5.74) is 1.61. The Kier molecular flexibility index (Phi) is 9.93. The average Bonchev–Trinajstić information content (AvgIpc) is 2.92. The van der Waals surface area contributed by atoms with Gasteiger partial charge in [0.05, 0.1) is 18.7 Å². The van der Waals surface area contributed by atoms with Gasteiger partial charge in [0.25, 0.3) is 0 Å². The number of nitrogens with zero attached hydrogens (tertiary/aromatic N) is 2. The number of carboxylic acids is 1. The van der Waals surface area contributed by atoms with Crippen molar-refractivity contribution in [3.8, 4) is 5.75 Å². The minimum Gasteiger partial charge on any atom is -0.497 e. The monoisotopic (exact) mass is 544 g/mol. The fourth-order valence-corrected chi connectivity index (χ4v) is 6.32. The summed E-state index contributed by atoms with van der Waals surface area (Å²) in [6.07, 6.45) is 3.98. The predicted octanol–water partition coefficient (Wildman–Crippen LogP) is 5.93. The second-order valence-corrected chi connectivity index (χ2v) is 11.0. The van der Waals surface area contributed by atoms with E-state index in [1.807, 2.05) is 24.3 Å². The van der Waals surface area contributed by atoms with Gasteiger partial charge >= 0.3 is 5.97 Å². The summed E-state index contributed by atoms with van der Waals surface area (Å²) < 4.78 is 32.8. The summed E-state index contributed by atoms with van der Waals surface area (Å²) in [4.78, 5) is 18.3. The van der Waals surface area contributed by atoms with E-state index >= 15 is 0 Å². The Labute approximate surface area is 226 Å². The number of hydrogen-bond donors (Lipinski definition) is 2. The highest BCUT2D eigenvalue weighted by Crippen LogP contribution is 2.35. The molecule has 1 aliphatic heterocycles. The molecule has 0 amide bonds. The number of methoxy groups -OCH3 is 1. The first-order chi connectivity index (χ1) is 18.4. The molecular weight excluding hydrogens is 510 g/mol. The van der Waals surface area contributed by atoms with Gasteiger partial charge in [-0.05, 0) is 86.0 Å². The van der Waals surface area contributed by atoms with Crippen molar-refractivity contribution < 1.29 is 28.5 Å². The van der Waals surface area contributed by atoms with E-state index in [2.05, 4.69) is 9.88 Å². The van der Waals surface area contributed by atoms with Crippen molar-refractivity contribution >= 4 is 28.6 Å². The number of fused-ring (bicyclic) bond motifs is 1. The number of benzene rings is 2. The zero-order valence-corrected chi connectivity index (χ0v) is 22.3. The van der Waals surface area contributed by atoms with Crippen molar-refractivity contribution in [3.05, 3.63) is 65.9 Å². The topological polar surface area (TPSA) is 82.9 Å². The number of pyridine rings is 1. The van der Waals surface area contributed by atoms with E-state index in [0.717, 1.165) is 48.5 Å². The molecule has 2 heterocycles. The number of carbonyl (C=O) groups is 1. The van der Waals surface area contributed by atoms with E-state index in [-0.39, 0.29) is 12.3 Å². The number of rotatable bonds is 12. The van der Waals surface area contributed by atoms with E-state index < -0.39 is 23.7 Å². The van der Waals surface area contributed by atoms with Crippen LogP contribution in [-0.2, 0) is 4.79 Å². The third-order valence-electron chi connectivity index (χ3n) is 7.44. The van der Waals surface area contributed by atoms with Crippen molar-refractivity contribution in [1.82, 2.24) is 9.88 Å². The van der Waals surface area contributed by atoms with Gasteiger partial charge in [-0.15, -0.1) is 11.8 Å². The molecule has 2 N–H and O–H groups in total. The first kappa shape index (κ1) is 28.3. The number of thioether (sulfide) groups is 1. The van der Waals surface area contributed by atoms with E-state index in [1.54, 1.807) is 19.4 Å². The second kappa shape index (κ2) is 13.4. The maximum atomic E-state index is 14.0. The molecule has 1 saturated heterocycles. The van der Waals surface area contributed by atoms with E-state index in [0.29, 0.717) is 41.7 Å². The van der Waals surface area contributed by atoms with E-state index in [1.165, 1.54) is 17.8 Å². The van der Waals surface area contributed by atoms with Crippen LogP contribution in [0.4, 0.5) is 8.78 Å². The lowest BCUT2D eigenvalue weighted by Gasteiger charge is -2.39. The molecule has 1 aromatic heterocycles. The lowest BCUT2D eigenvalue weighted by Crippen LogP contribution is -2.41. The summed E-state index contributed by atoms with van der Waals surface area (Å²) in [6, 6.07) is 11.7. The standard InChI is InChI=1S/C29H34F2N2O4S/c1-37-21-7-8-25-23(17-21)22(11-13-32-25)26(34)9-5-19-12-14-33(18-20(19)6-10-28(35)36)15-16-38-27-4-2-3-24(30)29(27)31/h2-4,7-8,11,13,17,19-20,26,34H,5-6,9-10,12,14-16,18H2,1H3,(H,35,36)/t19?,20?,26-/m0/s1. The molecule has 0 aliphatic carbocycles. The van der Waals surface area contributed by atoms with Crippen molar-refractivity contribution in [2.24, 2.45) is 11.8 Å². The van der Waals surface area contributed by atoms with E-state index in [4.69, 9.17) is 4.74 Å². The molecule has 0 bridgehead atoms. The van der Waals surface area contributed by atoms with Gasteiger partial charge in [-0.3, -0.25) is 9.78 Å². The largest absolute Gasteiger partial charge is 0.497 e.